The third kappa shape index (κ3) is 7.60. The lowest BCUT2D eigenvalue weighted by Gasteiger charge is -2.01. The summed E-state index contributed by atoms with van der Waals surface area (Å²) in [6, 6.07) is 20.9. The van der Waals surface area contributed by atoms with Gasteiger partial charge in [-0.3, -0.25) is 4.79 Å². The first-order chi connectivity index (χ1) is 11.3. The van der Waals surface area contributed by atoms with Crippen LogP contribution in [0.5, 0.6) is 0 Å². The third-order valence-electron chi connectivity index (χ3n) is 3.96. The first kappa shape index (κ1) is 17.2. The maximum atomic E-state index is 11.9. The van der Waals surface area contributed by atoms with Crippen LogP contribution in [0.3, 0.4) is 0 Å². The Morgan fingerprint density at radius 3 is 1.91 bits per heavy atom. The van der Waals surface area contributed by atoms with Gasteiger partial charge in [-0.25, -0.2) is 0 Å². The van der Waals surface area contributed by atoms with Crippen LogP contribution in [0, 0.1) is 0 Å². The fourth-order valence-corrected chi connectivity index (χ4v) is 2.63. The van der Waals surface area contributed by atoms with E-state index < -0.39 is 0 Å². The van der Waals surface area contributed by atoms with Crippen LogP contribution in [0.15, 0.2) is 72.8 Å². The number of hydrogen-bond acceptors (Lipinski definition) is 1. The number of aryl methyl sites for hydroxylation is 2. The van der Waals surface area contributed by atoms with Crippen molar-refractivity contribution in [2.45, 2.75) is 44.9 Å². The predicted molar refractivity (Wildman–Crippen MR) is 97.5 cm³/mol. The predicted octanol–water partition coefficient (Wildman–Crippen LogP) is 5.55. The lowest BCUT2D eigenvalue weighted by molar-refractivity contribution is -0.119. The Balaban J connectivity index is 1.52. The minimum Gasteiger partial charge on any atom is -0.300 e. The SMILES string of the molecule is O=C(CC/C=C/CCc1ccccc1)CCCc1ccccc1. The van der Waals surface area contributed by atoms with E-state index in [1.165, 1.54) is 11.1 Å². The first-order valence-corrected chi connectivity index (χ1v) is 8.59. The molecular weight excluding hydrogens is 280 g/mol. The standard InChI is InChI=1S/C22H26O/c23-22(19-11-17-21-15-8-4-9-16-21)18-10-2-1-5-12-20-13-6-3-7-14-20/h1-4,6-9,13-16H,5,10-12,17-19H2/b2-1+. The van der Waals surface area contributed by atoms with Crippen molar-refractivity contribution in [3.05, 3.63) is 83.9 Å². The molecule has 0 unspecified atom stereocenters. The molecule has 0 bridgehead atoms. The van der Waals surface area contributed by atoms with Gasteiger partial charge in [-0.2, -0.15) is 0 Å². The zero-order valence-corrected chi connectivity index (χ0v) is 13.8. The molecule has 0 amide bonds. The molecule has 2 rings (SSSR count). The van der Waals surface area contributed by atoms with Crippen molar-refractivity contribution in [1.82, 2.24) is 0 Å². The highest BCUT2D eigenvalue weighted by Crippen LogP contribution is 2.07. The van der Waals surface area contributed by atoms with Gasteiger partial charge in [0.05, 0.1) is 0 Å². The van der Waals surface area contributed by atoms with Crippen LogP contribution in [-0.2, 0) is 17.6 Å². The number of carbonyl (C=O) groups is 1. The number of ketones is 1. The first-order valence-electron chi connectivity index (χ1n) is 8.59. The minimum absolute atomic E-state index is 0.383. The molecule has 23 heavy (non-hydrogen) atoms. The summed E-state index contributed by atoms with van der Waals surface area (Å²) in [4.78, 5) is 11.9. The minimum atomic E-state index is 0.383. The van der Waals surface area contributed by atoms with Gasteiger partial charge in [0.15, 0.2) is 0 Å². The van der Waals surface area contributed by atoms with Gasteiger partial charge in [0.2, 0.25) is 0 Å². The molecule has 0 spiro atoms. The summed E-state index contributed by atoms with van der Waals surface area (Å²) in [6.45, 7) is 0. The van der Waals surface area contributed by atoms with Crippen LogP contribution in [0.2, 0.25) is 0 Å². The fourth-order valence-electron chi connectivity index (χ4n) is 2.63. The topological polar surface area (TPSA) is 17.1 Å². The van der Waals surface area contributed by atoms with Gasteiger partial charge in [0, 0.05) is 12.8 Å². The summed E-state index contributed by atoms with van der Waals surface area (Å²) >= 11 is 0. The van der Waals surface area contributed by atoms with Crippen LogP contribution >= 0.6 is 0 Å². The van der Waals surface area contributed by atoms with E-state index in [0.29, 0.717) is 18.6 Å². The molecule has 0 aliphatic heterocycles. The van der Waals surface area contributed by atoms with E-state index in [2.05, 4.69) is 60.7 Å². The highest BCUT2D eigenvalue weighted by Gasteiger charge is 2.01. The molecule has 1 heteroatoms. The van der Waals surface area contributed by atoms with Crippen molar-refractivity contribution >= 4 is 5.78 Å². The summed E-state index contributed by atoms with van der Waals surface area (Å²) in [5, 5.41) is 0. The number of Topliss-reactive ketones (excluding diaryl/α,β-unsaturated/α-hetero) is 1. The highest BCUT2D eigenvalue weighted by atomic mass is 16.1. The molecule has 0 aromatic heterocycles. The molecule has 0 fully saturated rings. The molecule has 0 saturated heterocycles. The van der Waals surface area contributed by atoms with Crippen molar-refractivity contribution in [2.24, 2.45) is 0 Å². The monoisotopic (exact) mass is 306 g/mol. The fraction of sp³-hybridized carbons (Fsp3) is 0.318. The average molecular weight is 306 g/mol. The van der Waals surface area contributed by atoms with E-state index in [1.807, 2.05) is 12.1 Å². The van der Waals surface area contributed by atoms with Gasteiger partial charge in [-0.15, -0.1) is 0 Å². The molecule has 2 aromatic carbocycles. The average Bonchev–Trinajstić information content (AvgIpc) is 2.60. The second-order valence-electron chi connectivity index (χ2n) is 5.91. The Bertz CT molecular complexity index is 584. The molecule has 0 aliphatic rings. The number of benzene rings is 2. The largest absolute Gasteiger partial charge is 0.300 e. The third-order valence-corrected chi connectivity index (χ3v) is 3.96. The second kappa shape index (κ2) is 10.6. The molecule has 0 aliphatic carbocycles. The number of carbonyl (C=O) groups excluding carboxylic acids is 1. The number of hydrogen-bond donors (Lipinski definition) is 0. The van der Waals surface area contributed by atoms with Crippen LogP contribution in [-0.4, -0.2) is 5.78 Å². The van der Waals surface area contributed by atoms with Crippen LogP contribution in [0.4, 0.5) is 0 Å². The molecule has 0 atom stereocenters. The van der Waals surface area contributed by atoms with Gasteiger partial charge in [0.1, 0.15) is 5.78 Å². The normalized spacial score (nSPS) is 11.0. The Morgan fingerprint density at radius 1 is 0.696 bits per heavy atom. The molecule has 0 radical (unpaired) electrons. The molecule has 0 N–H and O–H groups in total. The smallest absolute Gasteiger partial charge is 0.133 e. The Morgan fingerprint density at radius 2 is 1.26 bits per heavy atom. The molecule has 0 heterocycles. The Kier molecular flexibility index (Phi) is 7.90. The van der Waals surface area contributed by atoms with Crippen LogP contribution in [0.25, 0.3) is 0 Å². The summed E-state index contributed by atoms with van der Waals surface area (Å²) < 4.78 is 0. The maximum absolute atomic E-state index is 11.9. The van der Waals surface area contributed by atoms with E-state index in [4.69, 9.17) is 0 Å². The lowest BCUT2D eigenvalue weighted by atomic mass is 10.0. The molecule has 120 valence electrons. The highest BCUT2D eigenvalue weighted by molar-refractivity contribution is 5.78. The van der Waals surface area contributed by atoms with Crippen molar-refractivity contribution in [2.75, 3.05) is 0 Å². The number of rotatable bonds is 10. The molecule has 0 saturated carbocycles. The van der Waals surface area contributed by atoms with E-state index in [1.54, 1.807) is 0 Å². The van der Waals surface area contributed by atoms with E-state index in [-0.39, 0.29) is 0 Å². The summed E-state index contributed by atoms with van der Waals surface area (Å²) in [7, 11) is 0. The van der Waals surface area contributed by atoms with Gasteiger partial charge in [-0.05, 0) is 43.2 Å². The van der Waals surface area contributed by atoms with Gasteiger partial charge >= 0.3 is 0 Å². The molecule has 2 aromatic rings. The quantitative estimate of drug-likeness (QED) is 0.526. The maximum Gasteiger partial charge on any atom is 0.133 e. The summed E-state index contributed by atoms with van der Waals surface area (Å²) in [5.41, 5.74) is 2.69. The van der Waals surface area contributed by atoms with Crippen molar-refractivity contribution in [1.29, 1.82) is 0 Å². The van der Waals surface area contributed by atoms with Crippen LogP contribution in [0.1, 0.15) is 43.2 Å². The molecule has 1 nitrogen and oxygen atoms in total. The van der Waals surface area contributed by atoms with Crippen molar-refractivity contribution < 1.29 is 4.79 Å². The van der Waals surface area contributed by atoms with E-state index in [9.17, 15) is 4.79 Å². The lowest BCUT2D eigenvalue weighted by Crippen LogP contribution is -1.98. The molecular formula is C22H26O. The Labute approximate surface area is 140 Å². The zero-order chi connectivity index (χ0) is 16.2. The van der Waals surface area contributed by atoms with Crippen molar-refractivity contribution in [3.8, 4) is 0 Å². The van der Waals surface area contributed by atoms with E-state index in [0.717, 1.165) is 32.1 Å². The number of allylic oxidation sites excluding steroid dienone is 2. The van der Waals surface area contributed by atoms with Crippen molar-refractivity contribution in [3.63, 3.8) is 0 Å². The van der Waals surface area contributed by atoms with E-state index >= 15 is 0 Å². The van der Waals surface area contributed by atoms with Gasteiger partial charge < -0.3 is 0 Å². The zero-order valence-electron chi connectivity index (χ0n) is 13.8. The van der Waals surface area contributed by atoms with Gasteiger partial charge in [-0.1, -0.05) is 72.8 Å². The Hall–Kier alpha value is -2.15. The second-order valence-corrected chi connectivity index (χ2v) is 5.91. The summed E-state index contributed by atoms with van der Waals surface area (Å²) in [5.74, 6) is 0.383. The summed E-state index contributed by atoms with van der Waals surface area (Å²) in [6.07, 6.45) is 10.7. The van der Waals surface area contributed by atoms with Gasteiger partial charge in [0.25, 0.3) is 0 Å². The van der Waals surface area contributed by atoms with Crippen LogP contribution < -0.4 is 0 Å².